The summed E-state index contributed by atoms with van der Waals surface area (Å²) in [5, 5.41) is 6.37. The van der Waals surface area contributed by atoms with Crippen LogP contribution >= 0.6 is 0 Å². The molecule has 178 valence electrons. The highest BCUT2D eigenvalue weighted by Gasteiger charge is 2.48. The molecule has 0 radical (unpaired) electrons. The quantitative estimate of drug-likeness (QED) is 0.274. The van der Waals surface area contributed by atoms with Crippen molar-refractivity contribution in [1.29, 1.82) is 0 Å². The molecule has 33 heavy (non-hydrogen) atoms. The maximum absolute atomic E-state index is 13.2. The second-order valence-corrected chi connectivity index (χ2v) is 12.8. The number of imide groups is 1. The molecule has 1 saturated heterocycles. The smallest absolute Gasteiger partial charge is 0.322 e. The molecule has 1 fully saturated rings. The van der Waals surface area contributed by atoms with Gasteiger partial charge in [-0.05, 0) is 31.4 Å². The van der Waals surface area contributed by atoms with Crippen LogP contribution in [0.5, 0.6) is 0 Å². The molecule has 0 aromatic heterocycles. The molecule has 4 atom stereocenters. The molecule has 3 amide bonds. The molecule has 3 unspecified atom stereocenters. The number of nitrogens with one attached hydrogen (secondary N) is 3. The second kappa shape index (κ2) is 8.30. The van der Waals surface area contributed by atoms with Crippen LogP contribution in [0.15, 0.2) is 35.6 Å². The highest BCUT2D eigenvalue weighted by Crippen LogP contribution is 2.36. The largest absolute Gasteiger partial charge is 0.323 e. The molecular weight excluding hydrogens is 468 g/mol. The molecular formula is C21H26N4O6S2. The van der Waals surface area contributed by atoms with E-state index in [4.69, 9.17) is 0 Å². The molecule has 1 aliphatic carbocycles. The molecule has 3 N–H and O–H groups in total. The number of carbonyl (C=O) groups excluding carboxylic acids is 2. The topological polar surface area (TPSA) is 142 Å². The predicted molar refractivity (Wildman–Crippen MR) is 122 cm³/mol. The number of sulfonamides is 1. The summed E-state index contributed by atoms with van der Waals surface area (Å²) >= 11 is 0. The van der Waals surface area contributed by atoms with Crippen molar-refractivity contribution in [3.05, 3.63) is 35.6 Å². The van der Waals surface area contributed by atoms with Crippen LogP contribution in [-0.2, 0) is 24.7 Å². The lowest BCUT2D eigenvalue weighted by molar-refractivity contribution is -0.122. The molecule has 0 bridgehead atoms. The fraction of sp³-hybridized carbons (Fsp3) is 0.524. The Bertz CT molecular complexity index is 1250. The minimum atomic E-state index is -3.88. The van der Waals surface area contributed by atoms with Crippen molar-refractivity contribution in [1.82, 2.24) is 20.3 Å². The van der Waals surface area contributed by atoms with Gasteiger partial charge in [0.05, 0.1) is 23.6 Å². The van der Waals surface area contributed by atoms with Crippen molar-refractivity contribution in [2.24, 2.45) is 11.8 Å². The molecule has 0 saturated carbocycles. The summed E-state index contributed by atoms with van der Waals surface area (Å²) in [6.07, 6.45) is 9.59. The van der Waals surface area contributed by atoms with Crippen molar-refractivity contribution < 1.29 is 26.4 Å². The van der Waals surface area contributed by atoms with Gasteiger partial charge in [0.2, 0.25) is 10.0 Å². The number of hydrogen-bond donors (Lipinski definition) is 3. The van der Waals surface area contributed by atoms with Crippen LogP contribution < -0.4 is 16.0 Å². The highest BCUT2D eigenvalue weighted by atomic mass is 32.2. The number of sulfone groups is 1. The summed E-state index contributed by atoms with van der Waals surface area (Å²) in [5.41, 5.74) is 0.0460. The van der Waals surface area contributed by atoms with Crippen LogP contribution in [-0.4, -0.2) is 69.1 Å². The van der Waals surface area contributed by atoms with Gasteiger partial charge in [-0.15, -0.1) is 0 Å². The lowest BCUT2D eigenvalue weighted by Crippen LogP contribution is -2.54. The Morgan fingerprint density at radius 2 is 1.94 bits per heavy atom. The van der Waals surface area contributed by atoms with E-state index in [0.717, 1.165) is 5.57 Å². The molecule has 3 heterocycles. The third-order valence-electron chi connectivity index (χ3n) is 6.18. The van der Waals surface area contributed by atoms with Crippen molar-refractivity contribution in [2.45, 2.75) is 30.7 Å². The first kappa shape index (κ1) is 23.5. The fourth-order valence-electron chi connectivity index (χ4n) is 4.59. The zero-order valence-electron chi connectivity index (χ0n) is 18.3. The molecule has 0 aromatic carbocycles. The number of hydrogen-bond acceptors (Lipinski definition) is 7. The van der Waals surface area contributed by atoms with E-state index >= 15 is 0 Å². The third kappa shape index (κ3) is 4.58. The monoisotopic (exact) mass is 494 g/mol. The summed E-state index contributed by atoms with van der Waals surface area (Å²) in [6, 6.07) is -0.723. The first-order valence-electron chi connectivity index (χ1n) is 10.5. The normalized spacial score (nSPS) is 31.7. The van der Waals surface area contributed by atoms with Gasteiger partial charge in [-0.2, -0.15) is 0 Å². The third-order valence-corrected chi connectivity index (χ3v) is 9.57. The summed E-state index contributed by atoms with van der Waals surface area (Å²) in [4.78, 5) is 23.6. The predicted octanol–water partition coefficient (Wildman–Crippen LogP) is -0.400. The minimum absolute atomic E-state index is 0.201. The first-order chi connectivity index (χ1) is 15.4. The van der Waals surface area contributed by atoms with Crippen LogP contribution in [0.2, 0.25) is 0 Å². The zero-order chi connectivity index (χ0) is 24.0. The van der Waals surface area contributed by atoms with E-state index < -0.39 is 54.4 Å². The lowest BCUT2D eigenvalue weighted by atomic mass is 9.89. The van der Waals surface area contributed by atoms with Crippen molar-refractivity contribution in [3.8, 4) is 11.8 Å². The van der Waals surface area contributed by atoms with E-state index in [1.165, 1.54) is 17.5 Å². The SMILES string of the molecule is C[C@]1(CS(=O)(=O)C2NCC=CC2C#CC2CC=CC3=C2CCN3S(C)(=O)=O)NC(=O)NC1=O. The van der Waals surface area contributed by atoms with Gasteiger partial charge in [0, 0.05) is 19.0 Å². The van der Waals surface area contributed by atoms with E-state index in [-0.39, 0.29) is 5.92 Å². The highest BCUT2D eigenvalue weighted by molar-refractivity contribution is 7.92. The number of urea groups is 1. The molecule has 0 spiro atoms. The Morgan fingerprint density at radius 3 is 2.61 bits per heavy atom. The Balaban J connectivity index is 1.57. The van der Waals surface area contributed by atoms with Crippen LogP contribution in [0, 0.1) is 23.7 Å². The molecule has 4 aliphatic rings. The average molecular weight is 495 g/mol. The Labute approximate surface area is 193 Å². The fourth-order valence-corrected chi connectivity index (χ4v) is 7.69. The number of allylic oxidation sites excluding steroid dienone is 2. The summed E-state index contributed by atoms with van der Waals surface area (Å²) in [5.74, 6) is 4.13. The first-order valence-corrected chi connectivity index (χ1v) is 14.1. The summed E-state index contributed by atoms with van der Waals surface area (Å²) in [7, 11) is -7.26. The number of carbonyl (C=O) groups is 2. The molecule has 0 aromatic rings. The van der Waals surface area contributed by atoms with E-state index in [0.29, 0.717) is 31.6 Å². The average Bonchev–Trinajstić information content (AvgIpc) is 3.26. The maximum atomic E-state index is 13.2. The zero-order valence-corrected chi connectivity index (χ0v) is 19.9. The number of nitrogens with zero attached hydrogens (tertiary/aromatic N) is 1. The van der Waals surface area contributed by atoms with Crippen molar-refractivity contribution in [2.75, 3.05) is 25.1 Å². The molecule has 12 heteroatoms. The van der Waals surface area contributed by atoms with Crippen molar-refractivity contribution in [3.63, 3.8) is 0 Å². The lowest BCUT2D eigenvalue weighted by Gasteiger charge is -2.29. The molecule has 10 nitrogen and oxygen atoms in total. The van der Waals surface area contributed by atoms with Gasteiger partial charge in [-0.25, -0.2) is 21.6 Å². The van der Waals surface area contributed by atoms with Gasteiger partial charge < -0.3 is 5.32 Å². The van der Waals surface area contributed by atoms with E-state index in [9.17, 15) is 26.4 Å². The Hall–Kier alpha value is -2.62. The number of amides is 3. The second-order valence-electron chi connectivity index (χ2n) is 8.81. The van der Waals surface area contributed by atoms with Crippen LogP contribution in [0.1, 0.15) is 19.8 Å². The van der Waals surface area contributed by atoms with Crippen molar-refractivity contribution >= 4 is 31.8 Å². The summed E-state index contributed by atoms with van der Waals surface area (Å²) < 4.78 is 51.9. The standard InChI is InChI=1S/C21H26N4O6S2/c1-21(19(26)23-20(27)24-21)13-33(30,31)18-15(6-4-11-22-18)9-8-14-5-3-7-17-16(14)10-12-25(17)32(2,28)29/h3-4,6-7,14-15,18,22H,5,10-13H2,1-2H3,(H2,23,24,26,27)/t14?,15?,18?,21-/m1/s1. The van der Waals surface area contributed by atoms with Gasteiger partial charge in [0.15, 0.2) is 9.84 Å². The maximum Gasteiger partial charge on any atom is 0.322 e. The van der Waals surface area contributed by atoms with E-state index in [1.54, 1.807) is 18.2 Å². The Morgan fingerprint density at radius 1 is 1.18 bits per heavy atom. The van der Waals surface area contributed by atoms with Crippen LogP contribution in [0.3, 0.4) is 0 Å². The minimum Gasteiger partial charge on any atom is -0.323 e. The van der Waals surface area contributed by atoms with E-state index in [1.807, 2.05) is 6.08 Å². The summed E-state index contributed by atoms with van der Waals surface area (Å²) in [6.45, 7) is 2.09. The van der Waals surface area contributed by atoms with Gasteiger partial charge in [-0.3, -0.25) is 19.7 Å². The van der Waals surface area contributed by atoms with Gasteiger partial charge >= 0.3 is 6.03 Å². The molecule has 4 rings (SSSR count). The van der Waals surface area contributed by atoms with Crippen LogP contribution in [0.4, 0.5) is 4.79 Å². The van der Waals surface area contributed by atoms with Gasteiger partial charge in [0.1, 0.15) is 10.9 Å². The van der Waals surface area contributed by atoms with Gasteiger partial charge in [-0.1, -0.05) is 30.1 Å². The van der Waals surface area contributed by atoms with Gasteiger partial charge in [0.25, 0.3) is 5.91 Å². The van der Waals surface area contributed by atoms with Crippen LogP contribution in [0.25, 0.3) is 0 Å². The van der Waals surface area contributed by atoms with E-state index in [2.05, 4.69) is 27.8 Å². The number of rotatable bonds is 4. The Kier molecular flexibility index (Phi) is 5.92. The molecule has 3 aliphatic heterocycles.